The summed E-state index contributed by atoms with van der Waals surface area (Å²) in [5, 5.41) is 7.73. The van der Waals surface area contributed by atoms with E-state index in [1.54, 1.807) is 12.4 Å². The Hall–Kier alpha value is -2.19. The number of H-pyrrole nitrogens is 2. The second kappa shape index (κ2) is 5.40. The molecule has 1 saturated heterocycles. The molecule has 2 N–H and O–H groups in total. The topological polar surface area (TPSA) is 74.0 Å². The summed E-state index contributed by atoms with van der Waals surface area (Å²) in [5.41, 5.74) is 2.82. The fourth-order valence-corrected chi connectivity index (χ4v) is 4.84. The largest absolute Gasteiger partial charge is 0.488 e. The Bertz CT molecular complexity index is 1000. The highest BCUT2D eigenvalue weighted by Crippen LogP contribution is 2.47. The highest BCUT2D eigenvalue weighted by Gasteiger charge is 2.32. The summed E-state index contributed by atoms with van der Waals surface area (Å²) in [4.78, 5) is 18.6. The van der Waals surface area contributed by atoms with Gasteiger partial charge in [-0.05, 0) is 12.5 Å². The highest BCUT2D eigenvalue weighted by molar-refractivity contribution is 7.22. The molecular weight excluding hydrogens is 343 g/mol. The number of pyridine rings is 1. The highest BCUT2D eigenvalue weighted by atomic mass is 32.1. The van der Waals surface area contributed by atoms with Crippen LogP contribution in [0, 0.1) is 0 Å². The van der Waals surface area contributed by atoms with Crippen molar-refractivity contribution in [2.75, 3.05) is 13.1 Å². The van der Waals surface area contributed by atoms with Gasteiger partial charge in [0.2, 0.25) is 0 Å². The third kappa shape index (κ3) is 2.31. The van der Waals surface area contributed by atoms with Crippen LogP contribution in [0.15, 0.2) is 17.2 Å². The van der Waals surface area contributed by atoms with Crippen LogP contribution in [0.5, 0.6) is 5.75 Å². The number of aromatic amines is 2. The number of aromatic nitrogens is 3. The maximum Gasteiger partial charge on any atom is 0.266 e. The molecule has 3 aromatic rings. The Kier molecular flexibility index (Phi) is 3.26. The van der Waals surface area contributed by atoms with Crippen molar-refractivity contribution in [2.24, 2.45) is 0 Å². The second-order valence-corrected chi connectivity index (χ2v) is 7.81. The average Bonchev–Trinajstić information content (AvgIpc) is 3.18. The number of thiophene rings is 1. The van der Waals surface area contributed by atoms with Gasteiger partial charge in [-0.2, -0.15) is 5.10 Å². The number of hydrogen-bond donors (Lipinski definition) is 2. The summed E-state index contributed by atoms with van der Waals surface area (Å²) in [6, 6.07) is 0. The molecule has 130 valence electrons. The predicted molar refractivity (Wildman–Crippen MR) is 94.0 cm³/mol. The first kappa shape index (κ1) is 15.1. The molecule has 1 atom stereocenters. The van der Waals surface area contributed by atoms with Crippen LogP contribution in [-0.4, -0.2) is 45.4 Å². The van der Waals surface area contributed by atoms with Crippen LogP contribution >= 0.6 is 11.3 Å². The number of ether oxygens (including phenoxy) is 1. The standard InChI is InChI=1S/C17H17FN4O2S/c1-8-2-11-12(7-22-5-10(18)6-22)21-17(23)16-13(11)14(24-8)15(25-16)9-3-19-20-4-9/h3-4,8,10H,2,5-7H2,1H3,(H,19,20)(H,21,23). The van der Waals surface area contributed by atoms with E-state index >= 15 is 0 Å². The minimum atomic E-state index is -0.751. The number of rotatable bonds is 3. The first-order valence-corrected chi connectivity index (χ1v) is 9.14. The lowest BCUT2D eigenvalue weighted by Crippen LogP contribution is -2.48. The number of halogens is 1. The van der Waals surface area contributed by atoms with Crippen molar-refractivity contribution in [1.29, 1.82) is 0 Å². The fourth-order valence-electron chi connectivity index (χ4n) is 3.70. The maximum absolute atomic E-state index is 13.1. The van der Waals surface area contributed by atoms with E-state index in [2.05, 4.69) is 15.2 Å². The molecule has 2 aliphatic rings. The van der Waals surface area contributed by atoms with Crippen molar-refractivity contribution in [1.82, 2.24) is 20.1 Å². The summed E-state index contributed by atoms with van der Waals surface area (Å²) in [6.45, 7) is 3.47. The first-order chi connectivity index (χ1) is 12.1. The van der Waals surface area contributed by atoms with Crippen LogP contribution in [0.2, 0.25) is 0 Å². The van der Waals surface area contributed by atoms with Gasteiger partial charge in [0.15, 0.2) is 0 Å². The summed E-state index contributed by atoms with van der Waals surface area (Å²) in [7, 11) is 0. The molecule has 2 aliphatic heterocycles. The molecular formula is C17H17FN4O2S. The van der Waals surface area contributed by atoms with Crippen molar-refractivity contribution in [3.8, 4) is 16.2 Å². The van der Waals surface area contributed by atoms with Gasteiger partial charge in [-0.1, -0.05) is 0 Å². The number of likely N-dealkylation sites (tertiary alicyclic amines) is 1. The van der Waals surface area contributed by atoms with Crippen LogP contribution in [-0.2, 0) is 13.0 Å². The number of hydrogen-bond acceptors (Lipinski definition) is 5. The first-order valence-electron chi connectivity index (χ1n) is 8.33. The van der Waals surface area contributed by atoms with Gasteiger partial charge in [0.05, 0.1) is 11.1 Å². The number of alkyl halides is 1. The SMILES string of the molecule is CC1Cc2c(CN3CC(F)C3)[nH]c(=O)c3sc(-c4cn[nH]c4)c(c23)O1. The molecule has 3 aromatic heterocycles. The molecule has 0 amide bonds. The van der Waals surface area contributed by atoms with E-state index in [0.29, 0.717) is 24.3 Å². The molecule has 0 radical (unpaired) electrons. The Morgan fingerprint density at radius 1 is 1.48 bits per heavy atom. The molecule has 5 rings (SSSR count). The lowest BCUT2D eigenvalue weighted by Gasteiger charge is -2.35. The van der Waals surface area contributed by atoms with Gasteiger partial charge in [-0.3, -0.25) is 14.8 Å². The van der Waals surface area contributed by atoms with Crippen molar-refractivity contribution in [3.63, 3.8) is 0 Å². The third-order valence-corrected chi connectivity index (χ3v) is 6.09. The molecule has 0 bridgehead atoms. The minimum absolute atomic E-state index is 0.0194. The Balaban J connectivity index is 1.70. The van der Waals surface area contributed by atoms with Crippen molar-refractivity contribution < 1.29 is 9.13 Å². The van der Waals surface area contributed by atoms with E-state index in [0.717, 1.165) is 39.3 Å². The van der Waals surface area contributed by atoms with Gasteiger partial charge in [-0.15, -0.1) is 11.3 Å². The summed E-state index contributed by atoms with van der Waals surface area (Å²) < 4.78 is 19.9. The van der Waals surface area contributed by atoms with Crippen molar-refractivity contribution >= 4 is 21.4 Å². The van der Waals surface area contributed by atoms with E-state index in [9.17, 15) is 9.18 Å². The molecule has 5 heterocycles. The Morgan fingerprint density at radius 2 is 2.32 bits per heavy atom. The zero-order chi connectivity index (χ0) is 17.1. The smallest absolute Gasteiger partial charge is 0.266 e. The van der Waals surface area contributed by atoms with E-state index in [4.69, 9.17) is 4.74 Å². The van der Waals surface area contributed by atoms with Crippen LogP contribution in [0.4, 0.5) is 4.39 Å². The molecule has 6 nitrogen and oxygen atoms in total. The van der Waals surface area contributed by atoms with Gasteiger partial charge in [-0.25, -0.2) is 4.39 Å². The lowest BCUT2D eigenvalue weighted by atomic mass is 9.98. The fraction of sp³-hybridized carbons (Fsp3) is 0.412. The van der Waals surface area contributed by atoms with E-state index in [-0.39, 0.29) is 11.7 Å². The normalized spacial score (nSPS) is 20.6. The molecule has 1 fully saturated rings. The van der Waals surface area contributed by atoms with E-state index in [1.165, 1.54) is 11.3 Å². The maximum atomic E-state index is 13.1. The summed E-state index contributed by atoms with van der Waals surface area (Å²) in [6.07, 6.45) is 3.55. The second-order valence-electron chi connectivity index (χ2n) is 6.79. The van der Waals surface area contributed by atoms with E-state index in [1.807, 2.05) is 11.8 Å². The minimum Gasteiger partial charge on any atom is -0.488 e. The van der Waals surface area contributed by atoms with Crippen molar-refractivity contribution in [3.05, 3.63) is 34.0 Å². The van der Waals surface area contributed by atoms with Crippen LogP contribution in [0.1, 0.15) is 18.2 Å². The number of nitrogens with one attached hydrogen (secondary N) is 2. The molecule has 1 unspecified atom stereocenters. The number of nitrogens with zero attached hydrogens (tertiary/aromatic N) is 2. The van der Waals surface area contributed by atoms with Gasteiger partial charge < -0.3 is 9.72 Å². The molecule has 8 heteroatoms. The quantitative estimate of drug-likeness (QED) is 0.752. The molecule has 25 heavy (non-hydrogen) atoms. The van der Waals surface area contributed by atoms with E-state index < -0.39 is 6.17 Å². The summed E-state index contributed by atoms with van der Waals surface area (Å²) >= 11 is 1.43. The molecule has 0 aliphatic carbocycles. The van der Waals surface area contributed by atoms with Gasteiger partial charge in [0.25, 0.3) is 5.56 Å². The van der Waals surface area contributed by atoms with Crippen molar-refractivity contribution in [2.45, 2.75) is 32.2 Å². The molecule has 0 saturated carbocycles. The zero-order valence-electron chi connectivity index (χ0n) is 13.6. The zero-order valence-corrected chi connectivity index (χ0v) is 14.5. The average molecular weight is 360 g/mol. The van der Waals surface area contributed by atoms with Gasteiger partial charge in [0.1, 0.15) is 22.7 Å². The van der Waals surface area contributed by atoms with Gasteiger partial charge >= 0.3 is 0 Å². The third-order valence-electron chi connectivity index (χ3n) is 4.87. The Morgan fingerprint density at radius 3 is 3.04 bits per heavy atom. The molecule has 0 spiro atoms. The Labute approximate surface area is 146 Å². The predicted octanol–water partition coefficient (Wildman–Crippen LogP) is 2.46. The summed E-state index contributed by atoms with van der Waals surface area (Å²) in [5.74, 6) is 0.773. The van der Waals surface area contributed by atoms with Gasteiger partial charge in [0, 0.05) is 48.9 Å². The lowest BCUT2D eigenvalue weighted by molar-refractivity contribution is 0.0576. The van der Waals surface area contributed by atoms with Crippen LogP contribution < -0.4 is 10.3 Å². The van der Waals surface area contributed by atoms with Crippen LogP contribution in [0.3, 0.4) is 0 Å². The molecule has 0 aromatic carbocycles. The monoisotopic (exact) mass is 360 g/mol. The van der Waals surface area contributed by atoms with Crippen LogP contribution in [0.25, 0.3) is 20.5 Å².